The number of nitrogens with zero attached hydrogens (tertiary/aromatic N) is 2. The van der Waals surface area contributed by atoms with Crippen molar-refractivity contribution >= 4 is 43.4 Å². The van der Waals surface area contributed by atoms with Gasteiger partial charge in [0.15, 0.2) is 0 Å². The highest BCUT2D eigenvalue weighted by Gasteiger charge is 2.18. The van der Waals surface area contributed by atoms with Crippen molar-refractivity contribution in [1.29, 1.82) is 0 Å². The Morgan fingerprint density at radius 3 is 1.71 bits per heavy atom. The summed E-state index contributed by atoms with van der Waals surface area (Å²) in [5.74, 6) is 0.150. The molecule has 45 heavy (non-hydrogen) atoms. The lowest BCUT2D eigenvalue weighted by atomic mass is 9.85. The van der Waals surface area contributed by atoms with Gasteiger partial charge in [-0.15, -0.1) is 0 Å². The van der Waals surface area contributed by atoms with Gasteiger partial charge in [0.05, 0.1) is 38.4 Å². The molecular weight excluding hydrogens is 544 g/mol. The summed E-state index contributed by atoms with van der Waals surface area (Å²) >= 11 is 0. The Bertz CT molecular complexity index is 3550. The molecule has 0 aliphatic carbocycles. The fourth-order valence-electron chi connectivity index (χ4n) is 5.66. The smallest absolute Gasteiger partial charge is 0.145 e. The second-order valence-corrected chi connectivity index (χ2v) is 10.1. The van der Waals surface area contributed by atoms with E-state index in [1.807, 2.05) is 0 Å². The van der Waals surface area contributed by atoms with Gasteiger partial charge in [-0.05, 0) is 84.8 Å². The predicted octanol–water partition coefficient (Wildman–Crippen LogP) is 11.5. The van der Waals surface area contributed by atoms with Crippen LogP contribution in [0.15, 0.2) is 169 Å². The first kappa shape index (κ1) is 12.6. The Morgan fingerprint density at radius 2 is 1.02 bits per heavy atom. The van der Waals surface area contributed by atoms with E-state index in [0.717, 1.165) is 0 Å². The molecule has 1 heterocycles. The van der Waals surface area contributed by atoms with Crippen LogP contribution in [0.2, 0.25) is 0 Å². The van der Waals surface area contributed by atoms with Gasteiger partial charge in [-0.3, -0.25) is 4.57 Å². The van der Waals surface area contributed by atoms with Gasteiger partial charge in [-0.2, -0.15) is 0 Å². The predicted molar refractivity (Wildman–Crippen MR) is 190 cm³/mol. The minimum Gasteiger partial charge on any atom is -0.292 e. The maximum atomic E-state index is 9.42. The first-order valence-corrected chi connectivity index (χ1v) is 13.8. The molecule has 8 aromatic carbocycles. The third-order valence-electron chi connectivity index (χ3n) is 7.58. The highest BCUT2D eigenvalue weighted by atomic mass is 15.1. The average Bonchev–Trinajstić information content (AvgIpc) is 3.68. The summed E-state index contributed by atoms with van der Waals surface area (Å²) in [6.07, 6.45) is 0. The van der Waals surface area contributed by atoms with E-state index in [-0.39, 0.29) is 33.4 Å². The number of benzene rings is 8. The summed E-state index contributed by atoms with van der Waals surface area (Å²) in [5.41, 5.74) is 0.0359. The number of aromatic nitrogens is 2. The first-order chi connectivity index (χ1) is 30.6. The van der Waals surface area contributed by atoms with Gasteiger partial charge in [0.25, 0.3) is 0 Å². The third-order valence-corrected chi connectivity index (χ3v) is 7.58. The molecule has 2 heteroatoms. The van der Waals surface area contributed by atoms with Crippen molar-refractivity contribution in [3.8, 4) is 39.3 Å². The molecule has 0 amide bonds. The molecule has 0 atom stereocenters. The molecule has 0 N–H and O–H groups in total. The molecule has 0 saturated heterocycles. The highest BCUT2D eigenvalue weighted by Crippen LogP contribution is 2.44. The topological polar surface area (TPSA) is 17.8 Å². The van der Waals surface area contributed by atoms with Crippen LogP contribution < -0.4 is 0 Å². The zero-order valence-corrected chi connectivity index (χ0v) is 23.0. The van der Waals surface area contributed by atoms with Crippen LogP contribution in [-0.2, 0) is 0 Å². The molecule has 0 fully saturated rings. The SMILES string of the molecule is [2H]c1c([2H])c([2H])c(-n2c(-c3ccc(-c4c5c([2H])c([2H])c([2H])c([2H])c5c(-c5c([2H])c([2H])c6c([2H])c([2H])c([2H])c([2H])c6c5[2H])c5c([2H])c([2H])c([2H])c([2H])c45)cc3)nc3ccccc32)c([2H])c1[2H]. The largest absolute Gasteiger partial charge is 0.292 e. The molecule has 0 radical (unpaired) electrons. The molecule has 0 spiro atoms. The maximum Gasteiger partial charge on any atom is 0.145 e. The average molecular weight is 593 g/mol. The standard InChI is InChI=1S/C43H28N2/c1-2-14-34(15-3-1)45-40-21-11-10-20-39(40)44-43(45)31-25-23-30(24-26-31)41-35-16-6-8-18-37(35)42(38-19-9-7-17-36(38)41)33-27-22-29-12-4-5-13-32(29)28-33/h1-28H/i1D,2D,3D,4D,5D,6D,7D,8D,9D,12D,13D,14D,15D,16D,17D,18D,19D,22D,27D,28D. The zero-order chi connectivity index (χ0) is 47.1. The van der Waals surface area contributed by atoms with E-state index < -0.39 is 154 Å². The monoisotopic (exact) mass is 592 g/mol. The van der Waals surface area contributed by atoms with Crippen LogP contribution in [0.25, 0.3) is 82.7 Å². The highest BCUT2D eigenvalue weighted by molar-refractivity contribution is 6.21. The van der Waals surface area contributed by atoms with Crippen LogP contribution in [0.1, 0.15) is 27.4 Å². The molecule has 0 bridgehead atoms. The van der Waals surface area contributed by atoms with Crippen molar-refractivity contribution < 1.29 is 27.4 Å². The second kappa shape index (κ2) is 10.3. The fraction of sp³-hybridized carbons (Fsp3) is 0. The Morgan fingerprint density at radius 1 is 0.467 bits per heavy atom. The minimum atomic E-state index is -0.797. The normalized spacial score (nSPS) is 17.8. The van der Waals surface area contributed by atoms with E-state index >= 15 is 0 Å². The van der Waals surface area contributed by atoms with Gasteiger partial charge in [0.2, 0.25) is 0 Å². The Hall–Kier alpha value is -5.99. The number of hydrogen-bond donors (Lipinski definition) is 0. The van der Waals surface area contributed by atoms with Crippen molar-refractivity contribution in [3.05, 3.63) is 169 Å². The number of rotatable bonds is 4. The summed E-state index contributed by atoms with van der Waals surface area (Å²) in [4.78, 5) is 4.76. The van der Waals surface area contributed by atoms with Gasteiger partial charge in [0.1, 0.15) is 5.82 Å². The van der Waals surface area contributed by atoms with Gasteiger partial charge >= 0.3 is 0 Å². The van der Waals surface area contributed by atoms with Gasteiger partial charge < -0.3 is 0 Å². The zero-order valence-electron chi connectivity index (χ0n) is 43.0. The summed E-state index contributed by atoms with van der Waals surface area (Å²) in [5, 5.41) is -2.30. The van der Waals surface area contributed by atoms with E-state index in [2.05, 4.69) is 0 Å². The Balaban J connectivity index is 1.43. The molecule has 0 unspecified atom stereocenters. The van der Waals surface area contributed by atoms with E-state index in [4.69, 9.17) is 24.2 Å². The number of hydrogen-bond acceptors (Lipinski definition) is 1. The third kappa shape index (κ3) is 4.15. The Kier molecular flexibility index (Phi) is 2.88. The minimum absolute atomic E-state index is 0.102. The summed E-state index contributed by atoms with van der Waals surface area (Å²) in [7, 11) is 0. The lowest BCUT2D eigenvalue weighted by Gasteiger charge is -2.18. The van der Waals surface area contributed by atoms with Crippen LogP contribution in [0, 0.1) is 0 Å². The van der Waals surface area contributed by atoms with Gasteiger partial charge in [-0.1, -0.05) is 139 Å². The molecule has 9 rings (SSSR count). The van der Waals surface area contributed by atoms with Crippen LogP contribution in [-0.4, -0.2) is 9.55 Å². The van der Waals surface area contributed by atoms with E-state index in [0.29, 0.717) is 16.6 Å². The van der Waals surface area contributed by atoms with Crippen LogP contribution in [0.3, 0.4) is 0 Å². The second-order valence-electron chi connectivity index (χ2n) is 10.1. The van der Waals surface area contributed by atoms with Crippen molar-refractivity contribution in [2.24, 2.45) is 0 Å². The van der Waals surface area contributed by atoms with Crippen molar-refractivity contribution in [1.82, 2.24) is 9.55 Å². The van der Waals surface area contributed by atoms with Crippen LogP contribution in [0.5, 0.6) is 0 Å². The molecule has 9 aromatic rings. The molecule has 0 saturated carbocycles. The molecule has 0 aliphatic rings. The summed E-state index contributed by atoms with van der Waals surface area (Å²) in [6, 6.07) is -0.854. The Labute approximate surface area is 289 Å². The first-order valence-electron chi connectivity index (χ1n) is 23.8. The van der Waals surface area contributed by atoms with Crippen molar-refractivity contribution in [2.75, 3.05) is 0 Å². The van der Waals surface area contributed by atoms with Gasteiger partial charge in [0, 0.05) is 11.3 Å². The quantitative estimate of drug-likeness (QED) is 0.186. The van der Waals surface area contributed by atoms with Gasteiger partial charge in [-0.25, -0.2) is 4.98 Å². The van der Waals surface area contributed by atoms with E-state index in [9.17, 15) is 8.22 Å². The summed E-state index contributed by atoms with van der Waals surface area (Å²) in [6.45, 7) is 0. The molecule has 210 valence electrons. The maximum absolute atomic E-state index is 9.42. The van der Waals surface area contributed by atoms with E-state index in [1.165, 1.54) is 28.8 Å². The number of fused-ring (bicyclic) bond motifs is 4. The van der Waals surface area contributed by atoms with Crippen molar-refractivity contribution in [2.45, 2.75) is 0 Å². The van der Waals surface area contributed by atoms with Crippen LogP contribution >= 0.6 is 0 Å². The summed E-state index contributed by atoms with van der Waals surface area (Å²) < 4.78 is 178. The number of imidazole rings is 1. The fourth-order valence-corrected chi connectivity index (χ4v) is 5.66. The lowest BCUT2D eigenvalue weighted by Crippen LogP contribution is -1.97. The van der Waals surface area contributed by atoms with Crippen molar-refractivity contribution in [3.63, 3.8) is 0 Å². The number of para-hydroxylation sites is 3. The van der Waals surface area contributed by atoms with Crippen LogP contribution in [0.4, 0.5) is 0 Å². The molecule has 0 aliphatic heterocycles. The van der Waals surface area contributed by atoms with E-state index in [1.54, 1.807) is 24.3 Å². The molecular formula is C43H28N2. The lowest BCUT2D eigenvalue weighted by molar-refractivity contribution is 1.10. The molecule has 2 nitrogen and oxygen atoms in total. The molecule has 1 aromatic heterocycles.